The van der Waals surface area contributed by atoms with E-state index in [0.717, 1.165) is 11.1 Å². The molecule has 3 nitrogen and oxygen atoms in total. The molecule has 1 aromatic carbocycles. The summed E-state index contributed by atoms with van der Waals surface area (Å²) in [7, 11) is 2.06. The third-order valence-electron chi connectivity index (χ3n) is 6.25. The molecule has 226 valence electrons. The molecule has 1 aromatic heterocycles. The van der Waals surface area contributed by atoms with Gasteiger partial charge < -0.3 is 9.73 Å². The van der Waals surface area contributed by atoms with Gasteiger partial charge in [0.25, 0.3) is 0 Å². The average Bonchev–Trinajstić information content (AvgIpc) is 3.24. The normalized spacial score (nSPS) is 12.8. The summed E-state index contributed by atoms with van der Waals surface area (Å²) in [5, 5.41) is 3.43. The summed E-state index contributed by atoms with van der Waals surface area (Å²) >= 11 is 5.77. The van der Waals surface area contributed by atoms with Gasteiger partial charge in [-0.1, -0.05) is 107 Å². The van der Waals surface area contributed by atoms with Crippen LogP contribution < -0.4 is 5.32 Å². The number of Topliss-reactive ketones (excluding diaryl/α,β-unsaturated/α-hetero) is 1. The van der Waals surface area contributed by atoms with Crippen LogP contribution in [0.25, 0.3) is 11.1 Å². The maximum absolute atomic E-state index is 13.8. The smallest absolute Gasteiger partial charge is 0.200 e. The Morgan fingerprint density at radius 2 is 1.70 bits per heavy atom. The number of carbonyl (C=O) groups is 1. The Morgan fingerprint density at radius 1 is 1.12 bits per heavy atom. The lowest BCUT2D eigenvalue weighted by Gasteiger charge is -2.25. The largest absolute Gasteiger partial charge is 0.453 e. The first kappa shape index (κ1) is 37.8. The van der Waals surface area contributed by atoms with Gasteiger partial charge in [0, 0.05) is 17.5 Å². The number of aryl methyl sites for hydroxylation is 1. The van der Waals surface area contributed by atoms with Crippen LogP contribution in [0.15, 0.2) is 41.3 Å². The van der Waals surface area contributed by atoms with Crippen LogP contribution in [0, 0.1) is 29.5 Å². The third kappa shape index (κ3) is 12.6. The van der Waals surface area contributed by atoms with E-state index in [1.54, 1.807) is 12.1 Å². The molecule has 1 atom stereocenters. The first-order valence-electron chi connectivity index (χ1n) is 14.6. The zero-order valence-corrected chi connectivity index (χ0v) is 28.2. The molecule has 0 bridgehead atoms. The fourth-order valence-electron chi connectivity index (χ4n) is 4.17. The first-order chi connectivity index (χ1) is 18.4. The van der Waals surface area contributed by atoms with Crippen molar-refractivity contribution in [2.75, 3.05) is 7.05 Å². The topological polar surface area (TPSA) is 42.2 Å². The summed E-state index contributed by atoms with van der Waals surface area (Å²) in [6, 6.07) is 7.10. The van der Waals surface area contributed by atoms with E-state index in [0.29, 0.717) is 34.1 Å². The van der Waals surface area contributed by atoms with E-state index < -0.39 is 5.82 Å². The van der Waals surface area contributed by atoms with Crippen LogP contribution in [-0.2, 0) is 0 Å². The van der Waals surface area contributed by atoms with Gasteiger partial charge in [-0.3, -0.25) is 4.79 Å². The molecule has 0 fully saturated rings. The molecule has 1 heterocycles. The van der Waals surface area contributed by atoms with Crippen molar-refractivity contribution in [1.29, 1.82) is 0 Å². The molecule has 0 unspecified atom stereocenters. The molecule has 1 N–H and O–H groups in total. The summed E-state index contributed by atoms with van der Waals surface area (Å²) in [5.74, 6) is 0.353. The molecule has 0 saturated carbocycles. The molecule has 0 radical (unpaired) electrons. The fraction of sp³-hybridized carbons (Fsp3) is 0.571. The monoisotopic (exact) mass is 575 g/mol. The molecule has 0 aliphatic heterocycles. The summed E-state index contributed by atoms with van der Waals surface area (Å²) in [4.78, 5) is 12.3. The van der Waals surface area contributed by atoms with Crippen molar-refractivity contribution in [2.45, 2.75) is 108 Å². The Kier molecular flexibility index (Phi) is 16.0. The van der Waals surface area contributed by atoms with Gasteiger partial charge in [-0.25, -0.2) is 4.39 Å². The Morgan fingerprint density at radius 3 is 2.12 bits per heavy atom. The predicted octanol–water partition coefficient (Wildman–Crippen LogP) is 11.2. The second-order valence-electron chi connectivity index (χ2n) is 12.6. The molecular formula is C35H55ClFNO2. The summed E-state index contributed by atoms with van der Waals surface area (Å²) in [6.07, 6.45) is 5.74. The lowest BCUT2D eigenvalue weighted by molar-refractivity contribution is 0.0910. The number of allylic oxidation sites excluding steroid dienone is 3. The molecule has 2 rings (SSSR count). The van der Waals surface area contributed by atoms with E-state index in [1.807, 2.05) is 40.7 Å². The number of halogens is 2. The van der Waals surface area contributed by atoms with Crippen molar-refractivity contribution in [3.8, 4) is 0 Å². The van der Waals surface area contributed by atoms with Gasteiger partial charge in [0.15, 0.2) is 5.76 Å². The van der Waals surface area contributed by atoms with Crippen molar-refractivity contribution in [3.63, 3.8) is 0 Å². The maximum atomic E-state index is 13.8. The molecule has 5 heteroatoms. The zero-order chi connectivity index (χ0) is 31.4. The quantitative estimate of drug-likeness (QED) is 0.239. The summed E-state index contributed by atoms with van der Waals surface area (Å²) in [5.41, 5.74) is 3.25. The van der Waals surface area contributed by atoms with Crippen molar-refractivity contribution in [2.24, 2.45) is 16.7 Å². The van der Waals surface area contributed by atoms with E-state index in [2.05, 4.69) is 67.4 Å². The highest BCUT2D eigenvalue weighted by atomic mass is 35.5. The minimum atomic E-state index is -0.486. The van der Waals surface area contributed by atoms with E-state index in [4.69, 9.17) is 16.0 Å². The molecule has 0 amide bonds. The number of hydrogen-bond acceptors (Lipinski definition) is 3. The maximum Gasteiger partial charge on any atom is 0.200 e. The van der Waals surface area contributed by atoms with E-state index in [1.165, 1.54) is 31.4 Å². The molecule has 0 saturated heterocycles. The van der Waals surface area contributed by atoms with Crippen molar-refractivity contribution in [1.82, 2.24) is 5.32 Å². The average molecular weight is 576 g/mol. The standard InChI is InChI=1S/C23H26ClFO2.C10H23N.C2H6/c1-13(2)21(26)20-11-15(4)22(27-20)17(23(5,6)7)10-14(3)16-8-9-18(24)19(25)12-16;1-6-7-9(11-5)8-10(2,3)4;1-2/h8-13H,3H2,1-2,4-7H3;9,11H,6-8H2,1-5H3;1-2H3/b17-10+;;/t;9-;/m.0./s1. The van der Waals surface area contributed by atoms with Crippen molar-refractivity contribution in [3.05, 3.63) is 70.4 Å². The van der Waals surface area contributed by atoms with Gasteiger partial charge in [-0.05, 0) is 78.6 Å². The van der Waals surface area contributed by atoms with Gasteiger partial charge >= 0.3 is 0 Å². The lowest BCUT2D eigenvalue weighted by atomic mass is 9.82. The number of hydrogen-bond donors (Lipinski definition) is 1. The number of nitrogens with one attached hydrogen (secondary N) is 1. The number of rotatable bonds is 9. The lowest BCUT2D eigenvalue weighted by Crippen LogP contribution is -2.29. The number of carbonyl (C=O) groups excluding carboxylic acids is 1. The number of ketones is 1. The fourth-order valence-corrected chi connectivity index (χ4v) is 4.29. The van der Waals surface area contributed by atoms with Gasteiger partial charge in [0.2, 0.25) is 5.78 Å². The Balaban J connectivity index is 0.000000985. The SMILES string of the molecule is C=C(/C=C(\c1oc(C(=O)C(C)C)cc1C)C(C)(C)C)c1ccc(Cl)c(F)c1.CC.CCC[C@@H](CC(C)(C)C)NC. The molecule has 0 spiro atoms. The van der Waals surface area contributed by atoms with Gasteiger partial charge in [0.1, 0.15) is 11.6 Å². The van der Waals surface area contributed by atoms with Crippen molar-refractivity contribution < 1.29 is 13.6 Å². The van der Waals surface area contributed by atoms with Crippen LogP contribution in [-0.4, -0.2) is 18.9 Å². The minimum absolute atomic E-state index is 0.0313. The van der Waals surface area contributed by atoms with Crippen LogP contribution in [0.5, 0.6) is 0 Å². The van der Waals surface area contributed by atoms with Crippen LogP contribution in [0.3, 0.4) is 0 Å². The molecule has 0 aliphatic rings. The first-order valence-corrected chi connectivity index (χ1v) is 15.0. The summed E-state index contributed by atoms with van der Waals surface area (Å²) in [6.45, 7) is 29.0. The second kappa shape index (κ2) is 16.9. The van der Waals surface area contributed by atoms with Gasteiger partial charge in [-0.15, -0.1) is 0 Å². The van der Waals surface area contributed by atoms with Crippen LogP contribution in [0.4, 0.5) is 4.39 Å². The minimum Gasteiger partial charge on any atom is -0.453 e. The Hall–Kier alpha value is -2.17. The van der Waals surface area contributed by atoms with Crippen LogP contribution in [0.1, 0.15) is 123 Å². The number of benzene rings is 1. The number of furan rings is 1. The summed E-state index contributed by atoms with van der Waals surface area (Å²) < 4.78 is 19.8. The van der Waals surface area contributed by atoms with Crippen LogP contribution in [0.2, 0.25) is 5.02 Å². The highest BCUT2D eigenvalue weighted by molar-refractivity contribution is 6.30. The Labute approximate surface area is 249 Å². The molecular weight excluding hydrogens is 521 g/mol. The highest BCUT2D eigenvalue weighted by Gasteiger charge is 2.26. The highest BCUT2D eigenvalue weighted by Crippen LogP contribution is 2.39. The zero-order valence-electron chi connectivity index (χ0n) is 27.4. The molecule has 40 heavy (non-hydrogen) atoms. The van der Waals surface area contributed by atoms with Gasteiger partial charge in [0.05, 0.1) is 5.02 Å². The molecule has 0 aliphatic carbocycles. The third-order valence-corrected chi connectivity index (χ3v) is 6.56. The van der Waals surface area contributed by atoms with E-state index in [-0.39, 0.29) is 22.1 Å². The van der Waals surface area contributed by atoms with Crippen molar-refractivity contribution >= 4 is 28.5 Å². The van der Waals surface area contributed by atoms with Crippen LogP contribution >= 0.6 is 11.6 Å². The van der Waals surface area contributed by atoms with E-state index in [9.17, 15) is 9.18 Å². The van der Waals surface area contributed by atoms with Gasteiger partial charge in [-0.2, -0.15) is 0 Å². The Bertz CT molecular complexity index is 1110. The van der Waals surface area contributed by atoms with E-state index >= 15 is 0 Å². The second-order valence-corrected chi connectivity index (χ2v) is 13.1. The molecule has 2 aromatic rings. The predicted molar refractivity (Wildman–Crippen MR) is 174 cm³/mol.